The van der Waals surface area contributed by atoms with Crippen LogP contribution in [0.15, 0.2) is 65.2 Å². The zero-order valence-corrected chi connectivity index (χ0v) is 23.9. The topological polar surface area (TPSA) is 158 Å². The molecule has 3 N–H and O–H groups in total. The number of nitrogens with zero attached hydrogens (tertiary/aromatic N) is 9. The highest BCUT2D eigenvalue weighted by Crippen LogP contribution is 2.33. The van der Waals surface area contributed by atoms with E-state index in [2.05, 4.69) is 46.0 Å². The third kappa shape index (κ3) is 7.25. The summed E-state index contributed by atoms with van der Waals surface area (Å²) in [6.45, 7) is 2.85. The predicted molar refractivity (Wildman–Crippen MR) is 163 cm³/mol. The first kappa shape index (κ1) is 29.7. The molecule has 0 spiro atoms. The van der Waals surface area contributed by atoms with E-state index in [4.69, 9.17) is 9.47 Å². The Balaban J connectivity index is 1.12. The van der Waals surface area contributed by atoms with Gasteiger partial charge in [-0.15, -0.1) is 0 Å². The molecule has 0 radical (unpaired) electrons. The lowest BCUT2D eigenvalue weighted by Crippen LogP contribution is -2.39. The maximum atomic E-state index is 14.8. The Kier molecular flexibility index (Phi) is 9.22. The van der Waals surface area contributed by atoms with Crippen LogP contribution in [0.3, 0.4) is 0 Å². The van der Waals surface area contributed by atoms with Gasteiger partial charge < -0.3 is 24.4 Å². The van der Waals surface area contributed by atoms with Crippen molar-refractivity contribution < 1.29 is 23.4 Å². The van der Waals surface area contributed by atoms with Crippen molar-refractivity contribution >= 4 is 36.0 Å². The number of rotatable bonds is 9. The predicted octanol–water partition coefficient (Wildman–Crippen LogP) is 2.95. The number of aromatic hydroxyl groups is 1. The molecule has 1 aromatic carbocycles. The lowest BCUT2D eigenvalue weighted by molar-refractivity contribution is 0.0378. The summed E-state index contributed by atoms with van der Waals surface area (Å²) in [4.78, 5) is 24.1. The number of hydrazone groups is 2. The molecule has 6 rings (SSSR count). The number of aromatic nitrogens is 5. The Morgan fingerprint density at radius 3 is 2.22 bits per heavy atom. The monoisotopic (exact) mass is 617 g/mol. The van der Waals surface area contributed by atoms with Crippen LogP contribution < -0.4 is 20.7 Å². The van der Waals surface area contributed by atoms with Crippen LogP contribution in [0.4, 0.5) is 32.3 Å². The summed E-state index contributed by atoms with van der Waals surface area (Å²) < 4.78 is 40.5. The van der Waals surface area contributed by atoms with Crippen LogP contribution in [-0.4, -0.2) is 88.5 Å². The molecule has 5 heterocycles. The lowest BCUT2D eigenvalue weighted by Gasteiger charge is -2.34. The Labute approximate surface area is 256 Å². The molecular weight excluding hydrogens is 588 g/mol. The molecule has 2 saturated heterocycles. The Bertz CT molecular complexity index is 1670. The van der Waals surface area contributed by atoms with Gasteiger partial charge in [0.15, 0.2) is 23.3 Å². The van der Waals surface area contributed by atoms with E-state index in [1.54, 1.807) is 46.3 Å². The van der Waals surface area contributed by atoms with Crippen molar-refractivity contribution in [2.75, 3.05) is 66.7 Å². The highest BCUT2D eigenvalue weighted by atomic mass is 19.1. The van der Waals surface area contributed by atoms with Crippen LogP contribution in [0.25, 0.3) is 0 Å². The van der Waals surface area contributed by atoms with Gasteiger partial charge in [-0.3, -0.25) is 4.98 Å². The van der Waals surface area contributed by atoms with Crippen molar-refractivity contribution in [2.45, 2.75) is 6.10 Å². The van der Waals surface area contributed by atoms with E-state index >= 15 is 0 Å². The summed E-state index contributed by atoms with van der Waals surface area (Å²) in [6.07, 6.45) is 6.10. The first-order chi connectivity index (χ1) is 22.0. The van der Waals surface area contributed by atoms with E-state index in [9.17, 15) is 13.9 Å². The minimum absolute atomic E-state index is 0.0571. The number of phenolic OH excluding ortho intramolecular Hbond substituents is 1. The van der Waals surface area contributed by atoms with E-state index < -0.39 is 17.7 Å². The summed E-state index contributed by atoms with van der Waals surface area (Å²) in [5.41, 5.74) is 6.90. The highest BCUT2D eigenvalue weighted by molar-refractivity contribution is 5.84. The molecule has 0 bridgehead atoms. The number of hydrogen-bond donors (Lipinski definition) is 3. The van der Waals surface area contributed by atoms with Crippen molar-refractivity contribution in [3.63, 3.8) is 0 Å². The van der Waals surface area contributed by atoms with Gasteiger partial charge in [0.05, 0.1) is 56.9 Å². The molecule has 1 atom stereocenters. The number of benzene rings is 1. The summed E-state index contributed by atoms with van der Waals surface area (Å²) in [5.74, 6) is -0.761. The van der Waals surface area contributed by atoms with Gasteiger partial charge in [-0.05, 0) is 18.2 Å². The van der Waals surface area contributed by atoms with E-state index in [0.717, 1.165) is 12.4 Å². The third-order valence-electron chi connectivity index (χ3n) is 6.99. The van der Waals surface area contributed by atoms with Gasteiger partial charge in [0, 0.05) is 37.0 Å². The molecule has 2 aliphatic rings. The van der Waals surface area contributed by atoms with Crippen LogP contribution >= 0.6 is 0 Å². The quantitative estimate of drug-likeness (QED) is 0.187. The number of halogens is 2. The van der Waals surface area contributed by atoms with E-state index in [0.29, 0.717) is 49.7 Å². The first-order valence-electron chi connectivity index (χ1n) is 14.1. The van der Waals surface area contributed by atoms with Crippen molar-refractivity contribution in [1.29, 1.82) is 0 Å². The number of hydrogen-bond acceptors (Lipinski definition) is 14. The van der Waals surface area contributed by atoms with Crippen LogP contribution in [0.5, 0.6) is 5.75 Å². The van der Waals surface area contributed by atoms with Gasteiger partial charge in [-0.2, -0.15) is 20.2 Å². The molecule has 0 saturated carbocycles. The molecule has 1 unspecified atom stereocenters. The second kappa shape index (κ2) is 14.0. The molecule has 0 amide bonds. The zero-order valence-electron chi connectivity index (χ0n) is 23.9. The Morgan fingerprint density at radius 2 is 1.51 bits per heavy atom. The molecule has 0 aliphatic carbocycles. The van der Waals surface area contributed by atoms with E-state index in [1.165, 1.54) is 12.4 Å². The number of ether oxygens (including phenoxy) is 2. The number of para-hydroxylation sites is 1. The van der Waals surface area contributed by atoms with Gasteiger partial charge in [-0.1, -0.05) is 18.2 Å². The average molecular weight is 618 g/mol. The lowest BCUT2D eigenvalue weighted by atomic mass is 10.0. The molecule has 232 valence electrons. The summed E-state index contributed by atoms with van der Waals surface area (Å²) in [7, 11) is 0. The second-order valence-corrected chi connectivity index (χ2v) is 9.91. The molecule has 16 heteroatoms. The fourth-order valence-corrected chi connectivity index (χ4v) is 4.78. The van der Waals surface area contributed by atoms with Gasteiger partial charge in [0.1, 0.15) is 11.9 Å². The summed E-state index contributed by atoms with van der Waals surface area (Å²) in [5, 5.41) is 19.3. The number of pyridine rings is 1. The molecule has 45 heavy (non-hydrogen) atoms. The van der Waals surface area contributed by atoms with Crippen LogP contribution in [0.1, 0.15) is 22.9 Å². The average Bonchev–Trinajstić information content (AvgIpc) is 3.08. The molecule has 2 aliphatic heterocycles. The maximum Gasteiger partial charge on any atom is 0.245 e. The smallest absolute Gasteiger partial charge is 0.245 e. The van der Waals surface area contributed by atoms with Gasteiger partial charge in [-0.25, -0.2) is 29.6 Å². The normalized spacial score (nSPS) is 17.2. The van der Waals surface area contributed by atoms with Crippen LogP contribution in [-0.2, 0) is 9.47 Å². The largest absolute Gasteiger partial charge is 0.507 e. The van der Waals surface area contributed by atoms with Crippen molar-refractivity contribution in [2.24, 2.45) is 10.2 Å². The van der Waals surface area contributed by atoms with Crippen molar-refractivity contribution in [1.82, 2.24) is 24.9 Å². The van der Waals surface area contributed by atoms with E-state index in [-0.39, 0.29) is 42.4 Å². The summed E-state index contributed by atoms with van der Waals surface area (Å²) >= 11 is 0. The molecule has 3 aromatic heterocycles. The minimum atomic E-state index is -0.606. The van der Waals surface area contributed by atoms with Gasteiger partial charge in [0.2, 0.25) is 11.9 Å². The molecular formula is C29H29F2N11O3. The fourth-order valence-electron chi connectivity index (χ4n) is 4.78. The zero-order chi connectivity index (χ0) is 31.0. The van der Waals surface area contributed by atoms with Crippen LogP contribution in [0.2, 0.25) is 0 Å². The molecule has 14 nitrogen and oxygen atoms in total. The van der Waals surface area contributed by atoms with Crippen molar-refractivity contribution in [3.05, 3.63) is 83.4 Å². The van der Waals surface area contributed by atoms with Crippen LogP contribution in [0, 0.1) is 11.6 Å². The fraction of sp³-hybridized carbons (Fsp3) is 0.276. The highest BCUT2D eigenvalue weighted by Gasteiger charge is 2.28. The second-order valence-electron chi connectivity index (χ2n) is 9.91. The SMILES string of the molecule is Oc1c(/C=N/Nc2ncc(F)c(N3CCOCC3)n2)cccc1C1CN(c2nc(N/N=C/c3ccccn3)ncc2F)CCO1. The van der Waals surface area contributed by atoms with Gasteiger partial charge >= 0.3 is 0 Å². The number of nitrogens with one attached hydrogen (secondary N) is 2. The number of anilines is 4. The molecule has 2 fully saturated rings. The van der Waals surface area contributed by atoms with Crippen molar-refractivity contribution in [3.8, 4) is 5.75 Å². The molecule has 4 aromatic rings. The van der Waals surface area contributed by atoms with E-state index in [1.807, 2.05) is 6.07 Å². The first-order valence-corrected chi connectivity index (χ1v) is 14.1. The minimum Gasteiger partial charge on any atom is -0.507 e. The Morgan fingerprint density at radius 1 is 0.822 bits per heavy atom. The summed E-state index contributed by atoms with van der Waals surface area (Å²) in [6, 6.07) is 10.5. The Hall–Kier alpha value is -5.35. The standard InChI is InChI=1S/C29H29F2N11O3/c30-22-16-33-28(37-26(22)41-8-11-44-12-9-41)39-35-14-19-4-3-6-21(25(19)43)24-18-42(10-13-45-24)27-23(31)17-34-29(38-27)40-36-15-20-5-1-2-7-32-20/h1-7,14-17,24,43H,8-13,18H2,(H,33,37,39)(H,34,38,40)/b35-14+,36-15+. The maximum absolute atomic E-state index is 14.8. The van der Waals surface area contributed by atoms with Gasteiger partial charge in [0.25, 0.3) is 0 Å². The third-order valence-corrected chi connectivity index (χ3v) is 6.99. The number of phenols is 1. The number of morpholine rings is 2.